The molecule has 2 unspecified atom stereocenters. The fourth-order valence-corrected chi connectivity index (χ4v) is 2.86. The van der Waals surface area contributed by atoms with E-state index in [1.165, 1.54) is 0 Å². The lowest BCUT2D eigenvalue weighted by atomic mass is 10.0. The lowest BCUT2D eigenvalue weighted by Crippen LogP contribution is -2.35. The zero-order chi connectivity index (χ0) is 9.99. The van der Waals surface area contributed by atoms with Gasteiger partial charge in [0, 0.05) is 10.2 Å². The second-order valence-electron chi connectivity index (χ2n) is 3.56. The Morgan fingerprint density at radius 2 is 1.92 bits per heavy atom. The highest BCUT2D eigenvalue weighted by Gasteiger charge is 2.44. The second kappa shape index (κ2) is 4.05. The third-order valence-electron chi connectivity index (χ3n) is 3.06. The van der Waals surface area contributed by atoms with Gasteiger partial charge in [0.15, 0.2) is 0 Å². The van der Waals surface area contributed by atoms with Gasteiger partial charge in [-0.2, -0.15) is 0 Å². The van der Waals surface area contributed by atoms with E-state index in [0.29, 0.717) is 16.7 Å². The molecular weight excluding hydrogens is 191 g/mol. The number of rotatable bonds is 4. The van der Waals surface area contributed by atoms with Crippen molar-refractivity contribution in [1.82, 2.24) is 0 Å². The third kappa shape index (κ3) is 2.19. The van der Waals surface area contributed by atoms with Crippen LogP contribution in [0.2, 0.25) is 0 Å². The minimum atomic E-state index is -3.90. The Morgan fingerprint density at radius 1 is 1.50 bits per heavy atom. The molecule has 0 fully saturated rings. The fraction of sp³-hybridized carbons (Fsp3) is 1.00. The van der Waals surface area contributed by atoms with Crippen molar-refractivity contribution in [2.75, 3.05) is 0 Å². The van der Waals surface area contributed by atoms with Crippen LogP contribution in [-0.4, -0.2) is 24.8 Å². The molecule has 74 valence electrons. The van der Waals surface area contributed by atoms with Crippen molar-refractivity contribution in [3.63, 3.8) is 0 Å². The highest BCUT2D eigenvalue weighted by atomic mass is 31.2. The van der Waals surface area contributed by atoms with Gasteiger partial charge in [-0.15, -0.1) is 0 Å². The molecule has 0 heterocycles. The minimum Gasteiger partial charge on any atom is -0.324 e. The summed E-state index contributed by atoms with van der Waals surface area (Å²) in [6.45, 7) is 5.76. The van der Waals surface area contributed by atoms with E-state index < -0.39 is 12.4 Å². The molecule has 0 aliphatic rings. The zero-order valence-corrected chi connectivity index (χ0v) is 11.1. The maximum absolute atomic E-state index is 11.2. The van der Waals surface area contributed by atoms with Gasteiger partial charge in [-0.25, -0.2) is 0 Å². The van der Waals surface area contributed by atoms with Crippen molar-refractivity contribution in [1.29, 1.82) is 0 Å². The molecule has 0 saturated carbocycles. The number of hydrogen-bond acceptors (Lipinski definition) is 1. The van der Waals surface area contributed by atoms with Gasteiger partial charge in [-0.3, -0.25) is 4.57 Å². The van der Waals surface area contributed by atoms with Crippen molar-refractivity contribution in [3.8, 4) is 0 Å². The van der Waals surface area contributed by atoms with E-state index in [1.54, 1.807) is 0 Å². The highest BCUT2D eigenvalue weighted by molar-refractivity contribution is 7.55. The van der Waals surface area contributed by atoms with E-state index in [1.807, 2.05) is 20.8 Å². The van der Waals surface area contributed by atoms with E-state index in [9.17, 15) is 14.4 Å². The first-order valence-corrected chi connectivity index (χ1v) is 6.96. The second-order valence-corrected chi connectivity index (χ2v) is 8.30. The Kier molecular flexibility index (Phi) is 4.17. The van der Waals surface area contributed by atoms with Crippen LogP contribution in [0.1, 0.15) is 33.6 Å². The van der Waals surface area contributed by atoms with Crippen LogP contribution in [0.3, 0.4) is 0 Å². The van der Waals surface area contributed by atoms with E-state index >= 15 is 0 Å². The van der Waals surface area contributed by atoms with Crippen molar-refractivity contribution in [3.05, 3.63) is 0 Å². The molecule has 2 atom stereocenters. The van der Waals surface area contributed by atoms with Crippen LogP contribution in [-0.2, 0) is 4.57 Å². The van der Waals surface area contributed by atoms with Gasteiger partial charge in [0.2, 0.25) is 0 Å². The highest BCUT2D eigenvalue weighted by Crippen LogP contribution is 2.54. The normalized spacial score (nSPS) is 20.4. The van der Waals surface area contributed by atoms with Crippen molar-refractivity contribution >= 4 is 17.8 Å². The van der Waals surface area contributed by atoms with Gasteiger partial charge >= 0.3 is 7.60 Å². The largest absolute Gasteiger partial charge is 0.328 e. The maximum Gasteiger partial charge on any atom is 0.328 e. The SMILES string of the molecule is CCC(C)C([SiH3])(CC)P(=O)(O)O. The van der Waals surface area contributed by atoms with Gasteiger partial charge in [0.25, 0.3) is 0 Å². The molecule has 0 aliphatic heterocycles. The Balaban J connectivity index is 4.80. The van der Waals surface area contributed by atoms with Crippen LogP contribution in [0.5, 0.6) is 0 Å². The molecule has 0 aliphatic carbocycles. The molecule has 0 bridgehead atoms. The molecular formula is C7H19O3PSi. The monoisotopic (exact) mass is 210 g/mol. The van der Waals surface area contributed by atoms with Crippen LogP contribution in [0.4, 0.5) is 0 Å². The van der Waals surface area contributed by atoms with E-state index in [4.69, 9.17) is 0 Å². The summed E-state index contributed by atoms with van der Waals surface area (Å²) in [5.74, 6) is 0.120. The molecule has 0 aromatic carbocycles. The Labute approximate surface area is 77.2 Å². The van der Waals surface area contributed by atoms with Gasteiger partial charge in [0.1, 0.15) is 0 Å². The molecule has 2 N–H and O–H groups in total. The van der Waals surface area contributed by atoms with Crippen molar-refractivity contribution in [2.24, 2.45) is 5.92 Å². The van der Waals surface area contributed by atoms with Gasteiger partial charge in [-0.1, -0.05) is 27.2 Å². The average Bonchev–Trinajstić information content (AvgIpc) is 1.99. The first-order valence-electron chi connectivity index (χ1n) is 4.35. The van der Waals surface area contributed by atoms with Crippen LogP contribution in [0, 0.1) is 5.92 Å². The molecule has 0 radical (unpaired) electrons. The zero-order valence-electron chi connectivity index (χ0n) is 8.24. The predicted molar refractivity (Wildman–Crippen MR) is 54.5 cm³/mol. The lowest BCUT2D eigenvalue weighted by molar-refractivity contribution is 0.315. The standard InChI is InChI=1S/C7H19O3PSi/c1-4-6(3)7(12,5-2)11(8,9)10/h6H,4-5H2,1-3,12H3,(H2,8,9,10). The summed E-state index contributed by atoms with van der Waals surface area (Å²) in [6, 6.07) is 0. The lowest BCUT2D eigenvalue weighted by Gasteiger charge is -2.34. The Morgan fingerprint density at radius 3 is 2.00 bits per heavy atom. The van der Waals surface area contributed by atoms with Crippen molar-refractivity contribution < 1.29 is 14.4 Å². The minimum absolute atomic E-state index is 0.120. The number of hydrogen-bond donors (Lipinski definition) is 2. The van der Waals surface area contributed by atoms with Crippen LogP contribution >= 0.6 is 7.60 Å². The first-order chi connectivity index (χ1) is 5.29. The maximum atomic E-state index is 11.2. The van der Waals surface area contributed by atoms with Crippen LogP contribution in [0.25, 0.3) is 0 Å². The summed E-state index contributed by atoms with van der Waals surface area (Å²) in [5.41, 5.74) is 0. The summed E-state index contributed by atoms with van der Waals surface area (Å²) < 4.78 is 10.5. The summed E-state index contributed by atoms with van der Waals surface area (Å²) in [5, 5.41) is 0. The molecule has 12 heavy (non-hydrogen) atoms. The summed E-state index contributed by atoms with van der Waals surface area (Å²) in [4.78, 5) is 18.4. The fourth-order valence-electron chi connectivity index (χ4n) is 1.28. The molecule has 5 heteroatoms. The van der Waals surface area contributed by atoms with E-state index in [2.05, 4.69) is 0 Å². The smallest absolute Gasteiger partial charge is 0.324 e. The topological polar surface area (TPSA) is 57.5 Å². The first kappa shape index (κ1) is 12.4. The van der Waals surface area contributed by atoms with Gasteiger partial charge < -0.3 is 9.79 Å². The van der Waals surface area contributed by atoms with Crippen molar-refractivity contribution in [2.45, 2.75) is 38.4 Å². The Hall–Kier alpha value is 0.367. The summed E-state index contributed by atoms with van der Waals surface area (Å²) in [6.07, 6.45) is 1.42. The molecule has 3 nitrogen and oxygen atoms in total. The quantitative estimate of drug-likeness (QED) is 0.530. The molecule has 0 rings (SSSR count). The molecule has 0 spiro atoms. The molecule has 0 amide bonds. The van der Waals surface area contributed by atoms with Crippen LogP contribution < -0.4 is 0 Å². The van der Waals surface area contributed by atoms with E-state index in [0.717, 1.165) is 6.42 Å². The molecule has 0 aromatic heterocycles. The van der Waals surface area contributed by atoms with Crippen LogP contribution in [0.15, 0.2) is 0 Å². The van der Waals surface area contributed by atoms with E-state index in [-0.39, 0.29) is 5.92 Å². The Bertz CT molecular complexity index is 191. The van der Waals surface area contributed by atoms with Gasteiger partial charge in [-0.05, 0) is 12.3 Å². The predicted octanol–water partition coefficient (Wildman–Crippen LogP) is 0.682. The molecule has 0 saturated heterocycles. The molecule has 0 aromatic rings. The average molecular weight is 210 g/mol. The summed E-state index contributed by atoms with van der Waals surface area (Å²) in [7, 11) is -3.34. The third-order valence-corrected chi connectivity index (χ3v) is 8.58. The summed E-state index contributed by atoms with van der Waals surface area (Å²) >= 11 is 0. The van der Waals surface area contributed by atoms with Gasteiger partial charge in [0.05, 0.1) is 4.78 Å².